The highest BCUT2D eigenvalue weighted by Crippen LogP contribution is 2.25. The van der Waals surface area contributed by atoms with Crippen molar-refractivity contribution in [2.45, 2.75) is 39.7 Å². The van der Waals surface area contributed by atoms with Gasteiger partial charge in [-0.25, -0.2) is 4.79 Å². The molecule has 6 heteroatoms. The molecule has 3 N–H and O–H groups in total. The fourth-order valence-corrected chi connectivity index (χ4v) is 3.02. The maximum Gasteiger partial charge on any atom is 0.312 e. The number of carbonyl (C=O) groups is 2. The minimum absolute atomic E-state index is 0.0614. The van der Waals surface area contributed by atoms with Crippen molar-refractivity contribution in [1.82, 2.24) is 10.2 Å². The number of para-hydroxylation sites is 1. The number of ether oxygens (including phenoxy) is 1. The van der Waals surface area contributed by atoms with Gasteiger partial charge in [-0.15, -0.1) is 0 Å². The zero-order valence-corrected chi connectivity index (χ0v) is 15.3. The van der Waals surface area contributed by atoms with Crippen molar-refractivity contribution < 1.29 is 14.3 Å². The number of amides is 3. The molecule has 0 radical (unpaired) electrons. The molecule has 0 bridgehead atoms. The van der Waals surface area contributed by atoms with Crippen LogP contribution in [0, 0.1) is 11.3 Å². The molecule has 1 aliphatic rings. The normalized spacial score (nSPS) is 17.0. The maximum atomic E-state index is 12.8. The molecule has 0 spiro atoms. The van der Waals surface area contributed by atoms with E-state index < -0.39 is 12.1 Å². The summed E-state index contributed by atoms with van der Waals surface area (Å²) in [6.45, 7) is 7.78. The number of likely N-dealkylation sites (tertiary alicyclic amines) is 1. The van der Waals surface area contributed by atoms with Gasteiger partial charge in [0.15, 0.2) is 0 Å². The molecule has 1 saturated heterocycles. The van der Waals surface area contributed by atoms with Crippen LogP contribution in [0.15, 0.2) is 30.3 Å². The molecule has 0 unspecified atom stereocenters. The number of urea groups is 1. The van der Waals surface area contributed by atoms with Crippen LogP contribution < -0.4 is 15.8 Å². The number of hydrogen-bond donors (Lipinski definition) is 2. The van der Waals surface area contributed by atoms with Gasteiger partial charge >= 0.3 is 6.03 Å². The first-order valence-corrected chi connectivity index (χ1v) is 8.80. The standard InChI is InChI=1S/C19H29N3O3/c1-19(2,3)16(21-18(20)24)17(23)22-11-9-14(10-12-22)13-25-15-7-5-4-6-8-15/h4-8,14,16H,9-13H2,1-3H3,(H3,20,21,24)/t16-/m1/s1. The Bertz CT molecular complexity index is 575. The lowest BCUT2D eigenvalue weighted by atomic mass is 9.85. The van der Waals surface area contributed by atoms with Crippen molar-refractivity contribution in [3.05, 3.63) is 30.3 Å². The van der Waals surface area contributed by atoms with Gasteiger partial charge in [0.25, 0.3) is 0 Å². The van der Waals surface area contributed by atoms with Gasteiger partial charge in [-0.3, -0.25) is 4.79 Å². The molecule has 0 saturated carbocycles. The van der Waals surface area contributed by atoms with Crippen LogP contribution >= 0.6 is 0 Å². The molecule has 138 valence electrons. The summed E-state index contributed by atoms with van der Waals surface area (Å²) in [6, 6.07) is 8.48. The Morgan fingerprint density at radius 2 is 1.84 bits per heavy atom. The van der Waals surface area contributed by atoms with E-state index in [9.17, 15) is 9.59 Å². The second-order valence-corrected chi connectivity index (χ2v) is 7.70. The van der Waals surface area contributed by atoms with E-state index >= 15 is 0 Å². The summed E-state index contributed by atoms with van der Waals surface area (Å²) in [5.41, 5.74) is 4.85. The molecule has 1 aliphatic heterocycles. The van der Waals surface area contributed by atoms with Gasteiger partial charge < -0.3 is 20.7 Å². The van der Waals surface area contributed by atoms with Crippen LogP contribution in [0.4, 0.5) is 4.79 Å². The minimum Gasteiger partial charge on any atom is -0.493 e. The quantitative estimate of drug-likeness (QED) is 0.858. The fourth-order valence-electron chi connectivity index (χ4n) is 3.02. The van der Waals surface area contributed by atoms with Gasteiger partial charge in [-0.1, -0.05) is 39.0 Å². The zero-order chi connectivity index (χ0) is 18.4. The number of nitrogens with zero attached hydrogens (tertiary/aromatic N) is 1. The first-order valence-electron chi connectivity index (χ1n) is 8.80. The summed E-state index contributed by atoms with van der Waals surface area (Å²) in [4.78, 5) is 25.9. The van der Waals surface area contributed by atoms with E-state index in [1.807, 2.05) is 56.0 Å². The topological polar surface area (TPSA) is 84.7 Å². The Hall–Kier alpha value is -2.24. The number of nitrogens with two attached hydrogens (primary N) is 1. The summed E-state index contributed by atoms with van der Waals surface area (Å²) < 4.78 is 5.82. The molecular formula is C19H29N3O3. The molecule has 25 heavy (non-hydrogen) atoms. The number of nitrogens with one attached hydrogen (secondary N) is 1. The minimum atomic E-state index is -0.667. The van der Waals surface area contributed by atoms with E-state index in [1.54, 1.807) is 0 Å². The van der Waals surface area contributed by atoms with Gasteiger partial charge in [0.2, 0.25) is 5.91 Å². The Morgan fingerprint density at radius 1 is 1.24 bits per heavy atom. The van der Waals surface area contributed by atoms with E-state index in [0.717, 1.165) is 18.6 Å². The smallest absolute Gasteiger partial charge is 0.312 e. The van der Waals surface area contributed by atoms with Crippen molar-refractivity contribution in [3.63, 3.8) is 0 Å². The van der Waals surface area contributed by atoms with Gasteiger partial charge in [-0.05, 0) is 36.3 Å². The molecule has 3 amide bonds. The monoisotopic (exact) mass is 347 g/mol. The van der Waals surface area contributed by atoms with Crippen LogP contribution in [0.3, 0.4) is 0 Å². The predicted molar refractivity (Wildman–Crippen MR) is 97.2 cm³/mol. The summed E-state index contributed by atoms with van der Waals surface area (Å²) >= 11 is 0. The largest absolute Gasteiger partial charge is 0.493 e. The summed E-state index contributed by atoms with van der Waals surface area (Å²) in [5.74, 6) is 1.25. The molecule has 2 rings (SSSR count). The average Bonchev–Trinajstić information content (AvgIpc) is 2.57. The lowest BCUT2D eigenvalue weighted by molar-refractivity contribution is -0.137. The fraction of sp³-hybridized carbons (Fsp3) is 0.579. The number of carbonyl (C=O) groups excluding carboxylic acids is 2. The Morgan fingerprint density at radius 3 is 2.36 bits per heavy atom. The third-order valence-electron chi connectivity index (χ3n) is 4.55. The van der Waals surface area contributed by atoms with Crippen LogP contribution in [-0.2, 0) is 4.79 Å². The van der Waals surface area contributed by atoms with Crippen molar-refractivity contribution >= 4 is 11.9 Å². The Labute approximate surface area is 149 Å². The van der Waals surface area contributed by atoms with Gasteiger partial charge in [0.1, 0.15) is 11.8 Å². The third kappa shape index (κ3) is 5.66. The molecule has 1 atom stereocenters. The molecule has 1 heterocycles. The summed E-state index contributed by atoms with van der Waals surface area (Å²) in [7, 11) is 0. The SMILES string of the molecule is CC(C)(C)[C@H](NC(N)=O)C(=O)N1CCC(COc2ccccc2)CC1. The molecular weight excluding hydrogens is 318 g/mol. The molecule has 1 aromatic carbocycles. The average molecular weight is 347 g/mol. The highest BCUT2D eigenvalue weighted by atomic mass is 16.5. The predicted octanol–water partition coefficient (Wildman–Crippen LogP) is 2.39. The second kappa shape index (κ2) is 8.23. The van der Waals surface area contributed by atoms with E-state index in [2.05, 4.69) is 5.32 Å². The Kier molecular flexibility index (Phi) is 6.28. The third-order valence-corrected chi connectivity index (χ3v) is 4.55. The number of primary amides is 1. The van der Waals surface area contributed by atoms with E-state index in [4.69, 9.17) is 10.5 Å². The van der Waals surface area contributed by atoms with Crippen LogP contribution in [0.2, 0.25) is 0 Å². The molecule has 6 nitrogen and oxygen atoms in total. The van der Waals surface area contributed by atoms with E-state index in [1.165, 1.54) is 0 Å². The number of benzene rings is 1. The van der Waals surface area contributed by atoms with Crippen LogP contribution in [0.5, 0.6) is 5.75 Å². The highest BCUT2D eigenvalue weighted by Gasteiger charge is 2.36. The van der Waals surface area contributed by atoms with Gasteiger partial charge in [0.05, 0.1) is 6.61 Å². The summed E-state index contributed by atoms with van der Waals surface area (Å²) in [6.07, 6.45) is 1.79. The van der Waals surface area contributed by atoms with Crippen molar-refractivity contribution in [2.75, 3.05) is 19.7 Å². The number of piperidine rings is 1. The van der Waals surface area contributed by atoms with Crippen molar-refractivity contribution in [2.24, 2.45) is 17.1 Å². The van der Waals surface area contributed by atoms with E-state index in [0.29, 0.717) is 25.6 Å². The molecule has 0 aromatic heterocycles. The van der Waals surface area contributed by atoms with Gasteiger partial charge in [0, 0.05) is 13.1 Å². The lowest BCUT2D eigenvalue weighted by Gasteiger charge is -2.38. The van der Waals surface area contributed by atoms with E-state index in [-0.39, 0.29) is 11.3 Å². The van der Waals surface area contributed by atoms with Crippen LogP contribution in [-0.4, -0.2) is 42.6 Å². The maximum absolute atomic E-state index is 12.8. The van der Waals surface area contributed by atoms with Gasteiger partial charge in [-0.2, -0.15) is 0 Å². The first-order chi connectivity index (χ1) is 11.8. The number of rotatable bonds is 5. The molecule has 0 aliphatic carbocycles. The van der Waals surface area contributed by atoms with Crippen molar-refractivity contribution in [3.8, 4) is 5.75 Å². The zero-order valence-electron chi connectivity index (χ0n) is 15.3. The lowest BCUT2D eigenvalue weighted by Crippen LogP contribution is -2.57. The van der Waals surface area contributed by atoms with Crippen molar-refractivity contribution in [1.29, 1.82) is 0 Å². The second-order valence-electron chi connectivity index (χ2n) is 7.70. The number of hydrogen-bond acceptors (Lipinski definition) is 3. The molecule has 1 aromatic rings. The first kappa shape index (κ1) is 19.1. The van der Waals surface area contributed by atoms with Crippen LogP contribution in [0.25, 0.3) is 0 Å². The van der Waals surface area contributed by atoms with Crippen LogP contribution in [0.1, 0.15) is 33.6 Å². The highest BCUT2D eigenvalue weighted by molar-refractivity contribution is 5.87. The summed E-state index contributed by atoms with van der Waals surface area (Å²) in [5, 5.41) is 2.60. The Balaban J connectivity index is 1.85. The molecule has 1 fully saturated rings.